The van der Waals surface area contributed by atoms with Crippen LogP contribution >= 0.6 is 0 Å². The van der Waals surface area contributed by atoms with E-state index in [4.69, 9.17) is 4.74 Å². The molecule has 1 saturated heterocycles. The average molecular weight is 414 g/mol. The highest BCUT2D eigenvalue weighted by Crippen LogP contribution is 2.31. The molecule has 0 bridgehead atoms. The molecule has 1 aliphatic heterocycles. The standard InChI is InChI=1S/C22H32F3N2O2/c1-16(2)14-26-6-8-27(9-7-26)15-18-10-17(11-19(12-18)22(23,24)25)13-20(28)29-21(3,4)5/h10-12H,6-9,13-15H2,1-5H3. The Bertz CT molecular complexity index is 688. The van der Waals surface area contributed by atoms with Crippen molar-refractivity contribution in [3.63, 3.8) is 0 Å². The summed E-state index contributed by atoms with van der Waals surface area (Å²) in [6.45, 7) is 14.2. The topological polar surface area (TPSA) is 32.8 Å². The van der Waals surface area contributed by atoms with Gasteiger partial charge in [-0.2, -0.15) is 13.2 Å². The van der Waals surface area contributed by atoms with Gasteiger partial charge in [0.25, 0.3) is 0 Å². The van der Waals surface area contributed by atoms with Gasteiger partial charge in [0.15, 0.2) is 0 Å². The number of rotatable bonds is 6. The van der Waals surface area contributed by atoms with Crippen molar-refractivity contribution in [1.82, 2.24) is 9.80 Å². The van der Waals surface area contributed by atoms with Crippen molar-refractivity contribution in [2.24, 2.45) is 0 Å². The number of piperazine rings is 1. The second-order valence-electron chi connectivity index (χ2n) is 9.06. The molecule has 1 aliphatic rings. The highest BCUT2D eigenvalue weighted by Gasteiger charge is 2.32. The van der Waals surface area contributed by atoms with Crippen LogP contribution in [0.25, 0.3) is 0 Å². The van der Waals surface area contributed by atoms with Crippen LogP contribution in [0.2, 0.25) is 0 Å². The van der Waals surface area contributed by atoms with Crippen molar-refractivity contribution in [2.75, 3.05) is 32.7 Å². The first-order valence-electron chi connectivity index (χ1n) is 9.97. The minimum Gasteiger partial charge on any atom is -0.460 e. The Kier molecular flexibility index (Phi) is 7.74. The Morgan fingerprint density at radius 3 is 2.03 bits per heavy atom. The summed E-state index contributed by atoms with van der Waals surface area (Å²) < 4.78 is 45.4. The van der Waals surface area contributed by atoms with Crippen LogP contribution in [0.3, 0.4) is 0 Å². The fraction of sp³-hybridized carbons (Fsp3) is 0.636. The van der Waals surface area contributed by atoms with Gasteiger partial charge in [-0.15, -0.1) is 0 Å². The van der Waals surface area contributed by atoms with Crippen LogP contribution in [-0.4, -0.2) is 54.1 Å². The van der Waals surface area contributed by atoms with E-state index < -0.39 is 23.3 Å². The first-order valence-corrected chi connectivity index (χ1v) is 9.97. The predicted molar refractivity (Wildman–Crippen MR) is 107 cm³/mol. The number of carbonyl (C=O) groups is 1. The molecule has 7 heteroatoms. The molecule has 29 heavy (non-hydrogen) atoms. The Hall–Kier alpha value is -1.60. The summed E-state index contributed by atoms with van der Waals surface area (Å²) in [6, 6.07) is 3.93. The molecule has 1 heterocycles. The Morgan fingerprint density at radius 2 is 1.52 bits per heavy atom. The zero-order valence-electron chi connectivity index (χ0n) is 18.0. The molecule has 163 valence electrons. The van der Waals surface area contributed by atoms with Gasteiger partial charge in [-0.1, -0.05) is 19.9 Å². The van der Waals surface area contributed by atoms with Gasteiger partial charge >= 0.3 is 12.1 Å². The third-order valence-electron chi connectivity index (χ3n) is 4.56. The van der Waals surface area contributed by atoms with E-state index in [2.05, 4.69) is 23.6 Å². The van der Waals surface area contributed by atoms with Crippen molar-refractivity contribution < 1.29 is 22.7 Å². The zero-order valence-corrected chi connectivity index (χ0v) is 18.0. The van der Waals surface area contributed by atoms with Gasteiger partial charge in [0, 0.05) is 39.3 Å². The van der Waals surface area contributed by atoms with Crippen LogP contribution in [0.5, 0.6) is 0 Å². The Labute approximate surface area is 172 Å². The van der Waals surface area contributed by atoms with Crippen molar-refractivity contribution in [3.05, 3.63) is 40.8 Å². The number of alkyl halides is 3. The van der Waals surface area contributed by atoms with E-state index in [1.165, 1.54) is 12.0 Å². The van der Waals surface area contributed by atoms with Crippen LogP contribution < -0.4 is 0 Å². The monoisotopic (exact) mass is 413 g/mol. The van der Waals surface area contributed by atoms with Gasteiger partial charge in [0.2, 0.25) is 0 Å². The van der Waals surface area contributed by atoms with E-state index in [0.717, 1.165) is 38.8 Å². The zero-order chi connectivity index (χ0) is 21.8. The fourth-order valence-electron chi connectivity index (χ4n) is 3.47. The number of hydrogen-bond acceptors (Lipinski definition) is 4. The van der Waals surface area contributed by atoms with E-state index >= 15 is 0 Å². The lowest BCUT2D eigenvalue weighted by Crippen LogP contribution is -2.46. The van der Waals surface area contributed by atoms with Crippen LogP contribution in [0.1, 0.15) is 51.3 Å². The van der Waals surface area contributed by atoms with Crippen molar-refractivity contribution in [3.8, 4) is 0 Å². The number of ether oxygens (including phenoxy) is 1. The molecule has 1 aromatic rings. The van der Waals surface area contributed by atoms with Gasteiger partial charge in [-0.05, 0) is 49.9 Å². The maximum Gasteiger partial charge on any atom is 0.416 e. The molecule has 2 rings (SSSR count). The molecule has 1 fully saturated rings. The van der Waals surface area contributed by atoms with Crippen LogP contribution in [0, 0.1) is 5.92 Å². The van der Waals surface area contributed by atoms with Crippen LogP contribution in [-0.2, 0) is 28.7 Å². The lowest BCUT2D eigenvalue weighted by atomic mass is 10.0. The summed E-state index contributed by atoms with van der Waals surface area (Å²) in [4.78, 5) is 16.6. The van der Waals surface area contributed by atoms with Gasteiger partial charge < -0.3 is 9.64 Å². The molecule has 0 aromatic heterocycles. The smallest absolute Gasteiger partial charge is 0.416 e. The molecule has 1 radical (unpaired) electrons. The summed E-state index contributed by atoms with van der Waals surface area (Å²) in [6.07, 6.45) is -4.63. The highest BCUT2D eigenvalue weighted by atomic mass is 19.4. The number of carbonyl (C=O) groups excluding carboxylic acids is 1. The molecule has 0 unspecified atom stereocenters. The lowest BCUT2D eigenvalue weighted by molar-refractivity contribution is -0.154. The number of halogens is 3. The molecular formula is C22H32F3N2O2. The van der Waals surface area contributed by atoms with Gasteiger partial charge in [-0.3, -0.25) is 9.69 Å². The number of esters is 1. The molecule has 0 spiro atoms. The van der Waals surface area contributed by atoms with Crippen molar-refractivity contribution in [2.45, 2.75) is 59.4 Å². The van der Waals surface area contributed by atoms with E-state index in [1.807, 2.05) is 0 Å². The molecule has 0 saturated carbocycles. The minimum absolute atomic E-state index is 0.173. The summed E-state index contributed by atoms with van der Waals surface area (Å²) in [7, 11) is 0. The normalized spacial score (nSPS) is 17.0. The Balaban J connectivity index is 2.10. The first kappa shape index (κ1) is 23.7. The van der Waals surface area contributed by atoms with Gasteiger partial charge in [0.1, 0.15) is 5.60 Å². The molecule has 4 nitrogen and oxygen atoms in total. The summed E-state index contributed by atoms with van der Waals surface area (Å²) >= 11 is 0. The summed E-state index contributed by atoms with van der Waals surface area (Å²) in [5, 5.41) is 0. The molecule has 1 aromatic carbocycles. The molecule has 0 atom stereocenters. The summed E-state index contributed by atoms with van der Waals surface area (Å²) in [5.41, 5.74) is -0.484. The van der Waals surface area contributed by atoms with E-state index in [-0.39, 0.29) is 6.42 Å². The average Bonchev–Trinajstić information content (AvgIpc) is 2.53. The second kappa shape index (κ2) is 9.47. The van der Waals surface area contributed by atoms with Gasteiger partial charge in [-0.25, -0.2) is 0 Å². The maximum atomic E-state index is 13.4. The molecule has 0 amide bonds. The second-order valence-corrected chi connectivity index (χ2v) is 9.06. The Morgan fingerprint density at radius 1 is 0.966 bits per heavy atom. The largest absolute Gasteiger partial charge is 0.460 e. The number of benzene rings is 1. The lowest BCUT2D eigenvalue weighted by Gasteiger charge is -2.35. The van der Waals surface area contributed by atoms with Crippen molar-refractivity contribution >= 4 is 5.97 Å². The van der Waals surface area contributed by atoms with E-state index in [9.17, 15) is 18.0 Å². The fourth-order valence-corrected chi connectivity index (χ4v) is 3.47. The summed E-state index contributed by atoms with van der Waals surface area (Å²) in [5.74, 6) is 0.825. The molecule has 0 N–H and O–H groups in total. The SMILES string of the molecule is C[C](C)CN1CCN(Cc2cc(CC(=O)OC(C)(C)C)cc(C(F)(F)F)c2)CC1. The van der Waals surface area contributed by atoms with Gasteiger partial charge in [0.05, 0.1) is 12.0 Å². The van der Waals surface area contributed by atoms with Crippen molar-refractivity contribution in [1.29, 1.82) is 0 Å². The third-order valence-corrected chi connectivity index (χ3v) is 4.56. The minimum atomic E-state index is -4.45. The molecular weight excluding hydrogens is 381 g/mol. The maximum absolute atomic E-state index is 13.4. The van der Waals surface area contributed by atoms with E-state index in [1.54, 1.807) is 26.8 Å². The first-order chi connectivity index (χ1) is 13.3. The number of nitrogens with zero attached hydrogens (tertiary/aromatic N) is 2. The third kappa shape index (κ3) is 8.34. The molecule has 0 aliphatic carbocycles. The quantitative estimate of drug-likeness (QED) is 0.651. The van der Waals surface area contributed by atoms with Crippen LogP contribution in [0.4, 0.5) is 13.2 Å². The van der Waals surface area contributed by atoms with E-state index in [0.29, 0.717) is 17.7 Å². The van der Waals surface area contributed by atoms with Crippen LogP contribution in [0.15, 0.2) is 18.2 Å². The number of hydrogen-bond donors (Lipinski definition) is 0. The predicted octanol–water partition coefficient (Wildman–Crippen LogP) is 4.32. The highest BCUT2D eigenvalue weighted by molar-refractivity contribution is 5.73.